The van der Waals surface area contributed by atoms with E-state index in [2.05, 4.69) is 9.84 Å². The number of fused-ring (bicyclic) bond motifs is 1. The lowest BCUT2D eigenvalue weighted by Gasteiger charge is -2.14. The van der Waals surface area contributed by atoms with Crippen LogP contribution in [0, 0.1) is 5.95 Å². The second kappa shape index (κ2) is 3.84. The summed E-state index contributed by atoms with van der Waals surface area (Å²) in [6.45, 7) is 5.92. The van der Waals surface area contributed by atoms with Gasteiger partial charge >= 0.3 is 0 Å². The maximum atomic E-state index is 12.7. The number of benzene rings is 1. The molecule has 0 aromatic carbocycles. The summed E-state index contributed by atoms with van der Waals surface area (Å²) in [7, 11) is 0. The zero-order chi connectivity index (χ0) is 12.6. The molecule has 4 aromatic rings. The van der Waals surface area contributed by atoms with Crippen molar-refractivity contribution < 1.29 is 13.9 Å². The SMILES string of the molecule is CC(C)(C)OC=O.Fc1nn2c3cccc2c13. The number of hydrogen-bond acceptors (Lipinski definition) is 3. The average Bonchev–Trinajstić information content (AvgIpc) is 2.74. The van der Waals surface area contributed by atoms with Gasteiger partial charge in [0.2, 0.25) is 5.95 Å². The van der Waals surface area contributed by atoms with E-state index >= 15 is 0 Å². The molecule has 4 heterocycles. The van der Waals surface area contributed by atoms with Crippen molar-refractivity contribution in [2.24, 2.45) is 0 Å². The molecule has 0 spiro atoms. The summed E-state index contributed by atoms with van der Waals surface area (Å²) in [5.74, 6) is -0.342. The third-order valence-corrected chi connectivity index (χ3v) is 2.27. The van der Waals surface area contributed by atoms with Crippen molar-refractivity contribution in [1.29, 1.82) is 0 Å². The Bertz CT molecular complexity index is 582. The number of ether oxygens (including phenoxy) is 1. The van der Waals surface area contributed by atoms with Crippen molar-refractivity contribution in [3.05, 3.63) is 24.1 Å². The van der Waals surface area contributed by atoms with Crippen LogP contribution in [0.15, 0.2) is 18.2 Å². The molecule has 4 bridgehead atoms. The van der Waals surface area contributed by atoms with Gasteiger partial charge in [-0.25, -0.2) is 4.52 Å². The monoisotopic (exact) mass is 236 g/mol. The van der Waals surface area contributed by atoms with E-state index in [4.69, 9.17) is 0 Å². The fourth-order valence-electron chi connectivity index (χ4n) is 1.56. The van der Waals surface area contributed by atoms with Crippen molar-refractivity contribution in [3.63, 3.8) is 0 Å². The highest BCUT2D eigenvalue weighted by Crippen LogP contribution is 2.29. The van der Waals surface area contributed by atoms with Crippen LogP contribution in [0.25, 0.3) is 16.4 Å². The van der Waals surface area contributed by atoms with E-state index in [0.29, 0.717) is 11.9 Å². The van der Waals surface area contributed by atoms with Crippen molar-refractivity contribution in [2.75, 3.05) is 0 Å². The highest BCUT2D eigenvalue weighted by Gasteiger charge is 2.19. The molecule has 0 aliphatic heterocycles. The van der Waals surface area contributed by atoms with E-state index in [1.54, 1.807) is 4.52 Å². The first kappa shape index (κ1) is 11.6. The number of aromatic nitrogens is 2. The van der Waals surface area contributed by atoms with E-state index in [1.165, 1.54) is 0 Å². The second-order valence-corrected chi connectivity index (χ2v) is 4.70. The summed E-state index contributed by atoms with van der Waals surface area (Å²) in [5.41, 5.74) is 1.48. The van der Waals surface area contributed by atoms with Crippen LogP contribution < -0.4 is 0 Å². The maximum absolute atomic E-state index is 12.7. The van der Waals surface area contributed by atoms with Crippen LogP contribution in [0.5, 0.6) is 0 Å². The van der Waals surface area contributed by atoms with Crippen LogP contribution in [-0.4, -0.2) is 21.7 Å². The Balaban J connectivity index is 0.000000139. The standard InChI is InChI=1S/C7H3FN2.C5H10O2/c8-7-6-4-2-1-3-5(6)10(4)9-7;1-5(2,3)7-4-6/h1-3H;4H,1-3H3. The van der Waals surface area contributed by atoms with Crippen molar-refractivity contribution in [2.45, 2.75) is 26.4 Å². The van der Waals surface area contributed by atoms with Gasteiger partial charge in [-0.05, 0) is 32.9 Å². The Hall–Kier alpha value is -1.91. The molecule has 0 radical (unpaired) electrons. The molecule has 4 rings (SSSR count). The van der Waals surface area contributed by atoms with Gasteiger partial charge in [0, 0.05) is 0 Å². The van der Waals surface area contributed by atoms with E-state index in [0.717, 1.165) is 11.0 Å². The van der Waals surface area contributed by atoms with Crippen LogP contribution in [0.1, 0.15) is 20.8 Å². The number of rotatable bonds is 1. The smallest absolute Gasteiger partial charge is 0.293 e. The van der Waals surface area contributed by atoms with E-state index in [9.17, 15) is 9.18 Å². The zero-order valence-corrected chi connectivity index (χ0v) is 9.90. The summed E-state index contributed by atoms with van der Waals surface area (Å²) < 4.78 is 18.8. The number of pyridine rings is 1. The summed E-state index contributed by atoms with van der Waals surface area (Å²) >= 11 is 0. The van der Waals surface area contributed by atoms with E-state index in [-0.39, 0.29) is 11.5 Å². The lowest BCUT2D eigenvalue weighted by molar-refractivity contribution is -0.138. The number of halogens is 1. The highest BCUT2D eigenvalue weighted by molar-refractivity contribution is 6.02. The van der Waals surface area contributed by atoms with Gasteiger partial charge in [-0.15, -0.1) is 5.10 Å². The van der Waals surface area contributed by atoms with Crippen LogP contribution in [-0.2, 0) is 9.53 Å². The minimum absolute atomic E-state index is 0.318. The van der Waals surface area contributed by atoms with Gasteiger partial charge in [0.1, 0.15) is 5.60 Å². The molecule has 5 heteroatoms. The summed E-state index contributed by atoms with van der Waals surface area (Å²) in [6, 6.07) is 5.62. The van der Waals surface area contributed by atoms with Crippen molar-refractivity contribution in [3.8, 4) is 0 Å². The molecular weight excluding hydrogens is 223 g/mol. The van der Waals surface area contributed by atoms with E-state index < -0.39 is 0 Å². The summed E-state index contributed by atoms with van der Waals surface area (Å²) in [6.07, 6.45) is 0. The molecule has 0 saturated carbocycles. The molecule has 0 aliphatic carbocycles. The normalized spacial score (nSPS) is 11.8. The largest absolute Gasteiger partial charge is 0.462 e. The Kier molecular flexibility index (Phi) is 2.61. The summed E-state index contributed by atoms with van der Waals surface area (Å²) in [5, 5.41) is 4.32. The lowest BCUT2D eigenvalue weighted by atomic mass is 10.2. The molecule has 17 heavy (non-hydrogen) atoms. The minimum atomic E-state index is -0.342. The maximum Gasteiger partial charge on any atom is 0.293 e. The first-order chi connectivity index (χ1) is 7.94. The van der Waals surface area contributed by atoms with Gasteiger partial charge in [0.25, 0.3) is 6.47 Å². The molecule has 0 amide bonds. The molecule has 90 valence electrons. The minimum Gasteiger partial charge on any atom is -0.462 e. The predicted molar refractivity (Wildman–Crippen MR) is 61.9 cm³/mol. The van der Waals surface area contributed by atoms with Crippen molar-refractivity contribution >= 4 is 22.9 Å². The molecule has 0 N–H and O–H groups in total. The molecule has 0 fully saturated rings. The predicted octanol–water partition coefficient (Wildman–Crippen LogP) is 2.46. The molecule has 0 aliphatic rings. The van der Waals surface area contributed by atoms with Gasteiger partial charge in [-0.3, -0.25) is 4.79 Å². The van der Waals surface area contributed by atoms with Crippen LogP contribution in [0.3, 0.4) is 0 Å². The number of nitrogens with zero attached hydrogens (tertiary/aromatic N) is 2. The molecule has 0 unspecified atom stereocenters. The van der Waals surface area contributed by atoms with Crippen LogP contribution >= 0.6 is 0 Å². The Morgan fingerprint density at radius 2 is 1.94 bits per heavy atom. The lowest BCUT2D eigenvalue weighted by Crippen LogP contribution is -2.17. The van der Waals surface area contributed by atoms with Crippen LogP contribution in [0.2, 0.25) is 0 Å². The van der Waals surface area contributed by atoms with Gasteiger partial charge < -0.3 is 4.74 Å². The Morgan fingerprint density at radius 3 is 2.18 bits per heavy atom. The Morgan fingerprint density at radius 1 is 1.35 bits per heavy atom. The molecule has 0 atom stereocenters. The van der Waals surface area contributed by atoms with E-state index in [1.807, 2.05) is 39.0 Å². The highest BCUT2D eigenvalue weighted by atomic mass is 19.1. The molecular formula is C12H13FN2O2. The third-order valence-electron chi connectivity index (χ3n) is 2.27. The second-order valence-electron chi connectivity index (χ2n) is 4.70. The molecule has 4 nitrogen and oxygen atoms in total. The van der Waals surface area contributed by atoms with Gasteiger partial charge in [-0.1, -0.05) is 6.07 Å². The van der Waals surface area contributed by atoms with Gasteiger partial charge in [0.05, 0.1) is 16.4 Å². The molecule has 0 saturated heterocycles. The number of carbonyl (C=O) groups excluding carboxylic acids is 1. The van der Waals surface area contributed by atoms with Gasteiger partial charge in [-0.2, -0.15) is 4.39 Å². The number of carbonyl (C=O) groups is 1. The fourth-order valence-corrected chi connectivity index (χ4v) is 1.56. The molecule has 4 aromatic heterocycles. The Labute approximate surface area is 97.6 Å². The quantitative estimate of drug-likeness (QED) is 0.609. The zero-order valence-electron chi connectivity index (χ0n) is 9.90. The van der Waals surface area contributed by atoms with Crippen molar-refractivity contribution in [1.82, 2.24) is 9.61 Å². The van der Waals surface area contributed by atoms with Crippen LogP contribution in [0.4, 0.5) is 4.39 Å². The number of hydrogen-bond donors (Lipinski definition) is 0. The fraction of sp³-hybridized carbons (Fsp3) is 0.333. The third kappa shape index (κ3) is 2.00. The summed E-state index contributed by atoms with van der Waals surface area (Å²) in [4.78, 5) is 9.60. The van der Waals surface area contributed by atoms with Gasteiger partial charge in [0.15, 0.2) is 0 Å². The average molecular weight is 236 g/mol. The first-order valence-corrected chi connectivity index (χ1v) is 5.23. The topological polar surface area (TPSA) is 43.6 Å². The first-order valence-electron chi connectivity index (χ1n) is 5.23.